The van der Waals surface area contributed by atoms with E-state index in [1.807, 2.05) is 49.4 Å². The Kier molecular flexibility index (Phi) is 7.63. The Morgan fingerprint density at radius 3 is 2.18 bits per heavy atom. The van der Waals surface area contributed by atoms with E-state index in [0.29, 0.717) is 0 Å². The van der Waals surface area contributed by atoms with Gasteiger partial charge in [0.2, 0.25) is 0 Å². The number of rotatable bonds is 2. The third kappa shape index (κ3) is 4.34. The van der Waals surface area contributed by atoms with Crippen LogP contribution in [-0.2, 0) is 37.5 Å². The summed E-state index contributed by atoms with van der Waals surface area (Å²) in [7, 11) is 0. The van der Waals surface area contributed by atoms with Crippen LogP contribution >= 0.6 is 0 Å². The first-order chi connectivity index (χ1) is 10.2. The fourth-order valence-electron chi connectivity index (χ4n) is 2.14. The zero-order valence-electron chi connectivity index (χ0n) is 12.6. The van der Waals surface area contributed by atoms with Crippen molar-refractivity contribution >= 4 is 11.6 Å². The number of anilines is 1. The molecule has 113 valence electrons. The molecule has 0 aliphatic carbocycles. The molecule has 1 saturated heterocycles. The van der Waals surface area contributed by atoms with E-state index in [9.17, 15) is 9.90 Å². The maximum absolute atomic E-state index is 11.7. The average Bonchev–Trinajstić information content (AvgIpc) is 2.48. The Bertz CT molecular complexity index is 584. The summed E-state index contributed by atoms with van der Waals surface area (Å²) in [6, 6.07) is 16.5. The summed E-state index contributed by atoms with van der Waals surface area (Å²) >= 11 is 0. The fraction of sp³-hybridized carbons (Fsp3) is 0.167. The molecule has 22 heavy (non-hydrogen) atoms. The Balaban J connectivity index is 0.000000562. The summed E-state index contributed by atoms with van der Waals surface area (Å²) in [5.41, 5.74) is 1.89. The molecule has 1 fully saturated rings. The molecular formula is C18H19NO2Y-2. The molecule has 0 bridgehead atoms. The molecule has 1 aliphatic heterocycles. The minimum absolute atomic E-state index is 0. The standard InChI is InChI=1S/C15H12NO2.C3H7.Y/c17-13-8-6-11(7-9-13)14-10-15(18)16(14)12-4-2-1-3-5-12;1-3-2;/h1-10,14,17H;1,3H2,2H3;/q2*-1;. The summed E-state index contributed by atoms with van der Waals surface area (Å²) in [4.78, 5) is 13.4. The maximum Gasteiger partial charge on any atom is 0.115 e. The van der Waals surface area contributed by atoms with E-state index < -0.39 is 0 Å². The first-order valence-corrected chi connectivity index (χ1v) is 6.98. The molecular weight excluding hydrogens is 351 g/mol. The molecule has 3 rings (SSSR count). The number of β-lactam (4-membered cyclic amide) rings is 1. The van der Waals surface area contributed by atoms with Gasteiger partial charge in [-0.15, -0.1) is 0 Å². The second kappa shape index (κ2) is 8.97. The van der Waals surface area contributed by atoms with Gasteiger partial charge in [0.05, 0.1) is 5.91 Å². The second-order valence-electron chi connectivity index (χ2n) is 4.75. The number of hydrogen-bond donors (Lipinski definition) is 1. The van der Waals surface area contributed by atoms with Gasteiger partial charge >= 0.3 is 0 Å². The average molecular weight is 370 g/mol. The van der Waals surface area contributed by atoms with Crippen molar-refractivity contribution in [1.29, 1.82) is 0 Å². The van der Waals surface area contributed by atoms with Crippen LogP contribution in [0.2, 0.25) is 0 Å². The molecule has 2 aromatic carbocycles. The van der Waals surface area contributed by atoms with Crippen LogP contribution in [0.3, 0.4) is 0 Å². The molecule has 1 amide bonds. The number of para-hydroxylation sites is 1. The van der Waals surface area contributed by atoms with Crippen LogP contribution in [0, 0.1) is 13.3 Å². The largest absolute Gasteiger partial charge is 0.508 e. The summed E-state index contributed by atoms with van der Waals surface area (Å²) in [5.74, 6) is 0.245. The molecule has 1 heterocycles. The van der Waals surface area contributed by atoms with Crippen molar-refractivity contribution in [3.63, 3.8) is 0 Å². The van der Waals surface area contributed by atoms with Crippen molar-refractivity contribution in [1.82, 2.24) is 0 Å². The number of carbonyl (C=O) groups is 1. The van der Waals surface area contributed by atoms with Crippen molar-refractivity contribution in [3.05, 3.63) is 73.5 Å². The first kappa shape index (κ1) is 18.7. The molecule has 1 aliphatic rings. The molecule has 1 N–H and O–H groups in total. The Morgan fingerprint density at radius 1 is 1.14 bits per heavy atom. The summed E-state index contributed by atoms with van der Waals surface area (Å²) in [6.07, 6.45) is 2.68. The normalized spacial score (nSPS) is 15.6. The number of amides is 1. The number of nitrogens with zero attached hydrogens (tertiary/aromatic N) is 1. The third-order valence-electron chi connectivity index (χ3n) is 3.09. The Labute approximate surface area is 157 Å². The number of phenols is 1. The number of benzene rings is 2. The molecule has 1 atom stereocenters. The number of aromatic hydroxyl groups is 1. The molecule has 4 heteroatoms. The SMILES string of the molecule is O=C1[CH-]C(c2ccc(O)cc2)N1c1ccccc1.[CH2-]CC.[Y]. The minimum Gasteiger partial charge on any atom is -0.508 e. The van der Waals surface area contributed by atoms with Crippen LogP contribution in [0.5, 0.6) is 5.75 Å². The van der Waals surface area contributed by atoms with E-state index in [-0.39, 0.29) is 50.4 Å². The second-order valence-corrected chi connectivity index (χ2v) is 4.75. The van der Waals surface area contributed by atoms with Gasteiger partial charge in [-0.3, -0.25) is 6.42 Å². The van der Waals surface area contributed by atoms with Gasteiger partial charge in [-0.2, -0.15) is 6.42 Å². The van der Waals surface area contributed by atoms with E-state index in [1.54, 1.807) is 23.5 Å². The number of carbonyl (C=O) groups excluding carboxylic acids is 1. The Hall–Kier alpha value is -1.32. The molecule has 0 saturated carbocycles. The zero-order valence-corrected chi connectivity index (χ0v) is 15.5. The van der Waals surface area contributed by atoms with Crippen molar-refractivity contribution in [3.8, 4) is 5.75 Å². The minimum atomic E-state index is -0.0412. The van der Waals surface area contributed by atoms with Crippen LogP contribution in [0.15, 0.2) is 54.6 Å². The Morgan fingerprint density at radius 2 is 1.68 bits per heavy atom. The van der Waals surface area contributed by atoms with Crippen LogP contribution in [-0.4, -0.2) is 11.0 Å². The van der Waals surface area contributed by atoms with Crippen molar-refractivity contribution in [2.45, 2.75) is 19.4 Å². The van der Waals surface area contributed by atoms with Crippen molar-refractivity contribution in [2.24, 2.45) is 0 Å². The quantitative estimate of drug-likeness (QED) is 0.643. The first-order valence-electron chi connectivity index (χ1n) is 6.98. The monoisotopic (exact) mass is 370 g/mol. The maximum atomic E-state index is 11.7. The van der Waals surface area contributed by atoms with Gasteiger partial charge in [0, 0.05) is 38.4 Å². The topological polar surface area (TPSA) is 40.5 Å². The summed E-state index contributed by atoms with van der Waals surface area (Å²) < 4.78 is 0. The van der Waals surface area contributed by atoms with E-state index >= 15 is 0 Å². The zero-order chi connectivity index (χ0) is 15.2. The van der Waals surface area contributed by atoms with E-state index in [0.717, 1.165) is 17.7 Å². The van der Waals surface area contributed by atoms with Gasteiger partial charge in [-0.1, -0.05) is 42.8 Å². The van der Waals surface area contributed by atoms with E-state index in [2.05, 4.69) is 6.92 Å². The van der Waals surface area contributed by atoms with Crippen LogP contribution in [0.4, 0.5) is 5.69 Å². The molecule has 0 spiro atoms. The van der Waals surface area contributed by atoms with Gasteiger partial charge in [-0.05, 0) is 30.3 Å². The molecule has 1 radical (unpaired) electrons. The van der Waals surface area contributed by atoms with Gasteiger partial charge in [0.15, 0.2) is 0 Å². The molecule has 0 aromatic heterocycles. The van der Waals surface area contributed by atoms with Crippen molar-refractivity contribution < 1.29 is 42.6 Å². The van der Waals surface area contributed by atoms with Crippen LogP contribution in [0.1, 0.15) is 24.9 Å². The number of hydrogen-bond acceptors (Lipinski definition) is 2. The van der Waals surface area contributed by atoms with Gasteiger partial charge in [-0.25, -0.2) is 0 Å². The number of phenolic OH excluding ortho intramolecular Hbond substituents is 1. The van der Waals surface area contributed by atoms with Crippen LogP contribution < -0.4 is 4.90 Å². The van der Waals surface area contributed by atoms with Gasteiger partial charge in [0.25, 0.3) is 0 Å². The van der Waals surface area contributed by atoms with E-state index in [1.165, 1.54) is 0 Å². The van der Waals surface area contributed by atoms with E-state index in [4.69, 9.17) is 0 Å². The van der Waals surface area contributed by atoms with Crippen molar-refractivity contribution in [2.75, 3.05) is 4.90 Å². The molecule has 2 aromatic rings. The van der Waals surface area contributed by atoms with Crippen LogP contribution in [0.25, 0.3) is 0 Å². The van der Waals surface area contributed by atoms with Gasteiger partial charge in [0.1, 0.15) is 5.75 Å². The third-order valence-corrected chi connectivity index (χ3v) is 3.09. The van der Waals surface area contributed by atoms with Gasteiger partial charge < -0.3 is 21.7 Å². The predicted octanol–water partition coefficient (Wildman–Crippen LogP) is 3.91. The summed E-state index contributed by atoms with van der Waals surface area (Å²) in [5, 5.41) is 9.27. The molecule has 1 unspecified atom stereocenters. The smallest absolute Gasteiger partial charge is 0.115 e. The molecule has 3 nitrogen and oxygen atoms in total. The predicted molar refractivity (Wildman–Crippen MR) is 84.7 cm³/mol. The summed E-state index contributed by atoms with van der Waals surface area (Å²) in [6.45, 7) is 5.50. The fourth-order valence-corrected chi connectivity index (χ4v) is 2.14.